The Balaban J connectivity index is 1.63. The van der Waals surface area contributed by atoms with Gasteiger partial charge in [0, 0.05) is 13.5 Å². The highest BCUT2D eigenvalue weighted by molar-refractivity contribution is 5.34. The van der Waals surface area contributed by atoms with Crippen LogP contribution in [0.25, 0.3) is 0 Å². The molecule has 10 nitrogen and oxygen atoms in total. The van der Waals surface area contributed by atoms with Crippen molar-refractivity contribution in [1.29, 1.82) is 0 Å². The predicted molar refractivity (Wildman–Crippen MR) is 78.6 cm³/mol. The number of fused-ring (bicyclic) bond motifs is 1. The third kappa shape index (κ3) is 0.778. The van der Waals surface area contributed by atoms with Crippen LogP contribution in [0.5, 0.6) is 0 Å². The fraction of sp³-hybridized carbons (Fsp3) is 0.867. The van der Waals surface area contributed by atoms with Gasteiger partial charge in [-0.2, -0.15) is 0 Å². The summed E-state index contributed by atoms with van der Waals surface area (Å²) in [5.41, 5.74) is -1.26. The average molecular weight is 347 g/mol. The maximum Gasteiger partial charge on any atom is 0.347 e. The van der Waals surface area contributed by atoms with Gasteiger partial charge in [-0.1, -0.05) is 0 Å². The standard InChI is InChI=1S/C15H17N5O5/c1-16-12(21)17-10-8-9-11(18(17)13(16)22)14-4-24-5-15(10,14)7-3-2-6(14)19(25-9)20(7,8)23/h6-11H,2-5H2,1H3/t6-,7-,8-,9-,10+,11-,14+,15-,20?/m1/s1. The first-order chi connectivity index (χ1) is 12.0. The van der Waals surface area contributed by atoms with Crippen LogP contribution in [0.3, 0.4) is 0 Å². The summed E-state index contributed by atoms with van der Waals surface area (Å²) in [6.45, 7) is 1.07. The molecular formula is C15H17N5O5. The highest BCUT2D eigenvalue weighted by atomic mass is 16.9. The fourth-order valence-electron chi connectivity index (χ4n) is 8.50. The van der Waals surface area contributed by atoms with Crippen LogP contribution >= 0.6 is 0 Å². The Morgan fingerprint density at radius 2 is 1.84 bits per heavy atom. The van der Waals surface area contributed by atoms with Gasteiger partial charge in [0.1, 0.15) is 18.1 Å². The average Bonchev–Trinajstić information content (AvgIpc) is 3.27. The molecule has 25 heavy (non-hydrogen) atoms. The molecule has 8 heterocycles. The second-order valence-electron chi connectivity index (χ2n) is 8.92. The molecule has 10 rings (SSSR count). The van der Waals surface area contributed by atoms with Gasteiger partial charge in [0.25, 0.3) is 0 Å². The van der Waals surface area contributed by atoms with Crippen molar-refractivity contribution in [2.75, 3.05) is 13.2 Å². The first-order valence-corrected chi connectivity index (χ1v) is 9.05. The summed E-state index contributed by atoms with van der Waals surface area (Å²) in [6, 6.07) is -1.11. The van der Waals surface area contributed by atoms with Gasteiger partial charge in [-0.05, 0) is 11.6 Å². The van der Waals surface area contributed by atoms with E-state index >= 15 is 0 Å². The molecule has 9 atom stereocenters. The number of aromatic nitrogens is 3. The summed E-state index contributed by atoms with van der Waals surface area (Å²) in [5.74, 6) is 0. The van der Waals surface area contributed by atoms with Crippen LogP contribution in [-0.4, -0.2) is 61.3 Å². The third-order valence-corrected chi connectivity index (χ3v) is 8.88. The molecule has 9 aliphatic rings. The molecule has 132 valence electrons. The second kappa shape index (κ2) is 3.05. The number of quaternary nitrogens is 1. The number of hydroxylamine groups is 3. The van der Waals surface area contributed by atoms with Crippen molar-refractivity contribution in [3.63, 3.8) is 0 Å². The number of nitrogens with zero attached hydrogens (tertiary/aromatic N) is 5. The van der Waals surface area contributed by atoms with Crippen molar-refractivity contribution in [2.24, 2.45) is 17.9 Å². The molecule has 2 aliphatic carbocycles. The van der Waals surface area contributed by atoms with Crippen LogP contribution < -0.4 is 11.4 Å². The Morgan fingerprint density at radius 1 is 1.12 bits per heavy atom. The highest BCUT2D eigenvalue weighted by Crippen LogP contribution is 2.83. The van der Waals surface area contributed by atoms with Crippen LogP contribution in [-0.2, 0) is 16.6 Å². The first-order valence-electron chi connectivity index (χ1n) is 9.05. The molecule has 1 aromatic heterocycles. The molecule has 7 fully saturated rings. The molecule has 0 aromatic carbocycles. The third-order valence-electron chi connectivity index (χ3n) is 8.88. The number of ether oxygens (including phenoxy) is 1. The quantitative estimate of drug-likeness (QED) is 0.407. The van der Waals surface area contributed by atoms with E-state index < -0.39 is 4.76 Å². The lowest BCUT2D eigenvalue weighted by Crippen LogP contribution is -2.82. The normalized spacial score (nSPS) is 60.9. The summed E-state index contributed by atoms with van der Waals surface area (Å²) in [5, 5.41) is 15.8. The molecule has 5 saturated heterocycles. The molecule has 1 aromatic rings. The van der Waals surface area contributed by atoms with E-state index in [-0.39, 0.29) is 58.5 Å². The van der Waals surface area contributed by atoms with Gasteiger partial charge >= 0.3 is 11.4 Å². The topological polar surface area (TPSA) is 93.7 Å². The van der Waals surface area contributed by atoms with Crippen LogP contribution in [0.2, 0.25) is 0 Å². The molecule has 1 spiro atoms. The Morgan fingerprint density at radius 3 is 2.64 bits per heavy atom. The van der Waals surface area contributed by atoms with Crippen molar-refractivity contribution < 1.29 is 14.3 Å². The van der Waals surface area contributed by atoms with E-state index in [1.54, 1.807) is 14.5 Å². The Hall–Kier alpha value is -1.46. The summed E-state index contributed by atoms with van der Waals surface area (Å²) >= 11 is 0. The Kier molecular flexibility index (Phi) is 1.57. The predicted octanol–water partition coefficient (Wildman–Crippen LogP) is -1.77. The first kappa shape index (κ1) is 12.8. The zero-order valence-electron chi connectivity index (χ0n) is 13.6. The minimum absolute atomic E-state index is 0.0373. The minimum atomic E-state index is -0.461. The fourth-order valence-corrected chi connectivity index (χ4v) is 8.50. The van der Waals surface area contributed by atoms with Crippen molar-refractivity contribution in [1.82, 2.24) is 19.1 Å². The lowest BCUT2D eigenvalue weighted by Gasteiger charge is -2.69. The van der Waals surface area contributed by atoms with Crippen molar-refractivity contribution in [3.8, 4) is 0 Å². The molecule has 10 heteroatoms. The van der Waals surface area contributed by atoms with Crippen molar-refractivity contribution >= 4 is 0 Å². The lowest BCUT2D eigenvalue weighted by molar-refractivity contribution is -1.05. The maximum atomic E-state index is 14.1. The van der Waals surface area contributed by atoms with E-state index in [0.717, 1.165) is 12.8 Å². The highest BCUT2D eigenvalue weighted by Gasteiger charge is 2.97. The molecule has 2 saturated carbocycles. The minimum Gasteiger partial charge on any atom is -0.609 e. The summed E-state index contributed by atoms with van der Waals surface area (Å²) in [6.07, 6.45) is 1.40. The molecule has 1 unspecified atom stereocenters. The molecule has 0 N–H and O–H groups in total. The SMILES string of the molecule is Cn1c(=O)n2n(c1=O)[C@@H]1[C@@H]3ON4[C@@H]5CC[C@@H]6[C@]7(COC[C@]517)[C@@H]2[C@@H]3[N+]64[O-]. The Labute approximate surface area is 140 Å². The van der Waals surface area contributed by atoms with Crippen molar-refractivity contribution in [3.05, 3.63) is 26.2 Å². The summed E-state index contributed by atoms with van der Waals surface area (Å²) in [7, 11) is 1.52. The van der Waals surface area contributed by atoms with Gasteiger partial charge in [-0.25, -0.2) is 33.1 Å². The van der Waals surface area contributed by atoms with Crippen LogP contribution in [0.1, 0.15) is 24.9 Å². The molecule has 0 radical (unpaired) electrons. The molecule has 7 aliphatic heterocycles. The van der Waals surface area contributed by atoms with Gasteiger partial charge in [0.2, 0.25) is 0 Å². The number of hydrogen-bond donors (Lipinski definition) is 0. The van der Waals surface area contributed by atoms with E-state index in [4.69, 9.17) is 9.57 Å². The number of rotatable bonds is 0. The van der Waals surface area contributed by atoms with Crippen LogP contribution in [0.4, 0.5) is 0 Å². The summed E-state index contributed by atoms with van der Waals surface area (Å²) in [4.78, 5) is 31.9. The van der Waals surface area contributed by atoms with E-state index in [9.17, 15) is 14.8 Å². The van der Waals surface area contributed by atoms with Gasteiger partial charge in [0.05, 0.1) is 30.1 Å². The molecule has 7 bridgehead atoms. The van der Waals surface area contributed by atoms with Crippen LogP contribution in [0, 0.1) is 16.0 Å². The van der Waals surface area contributed by atoms with E-state index in [0.29, 0.717) is 13.2 Å². The monoisotopic (exact) mass is 347 g/mol. The van der Waals surface area contributed by atoms with Gasteiger partial charge in [0.15, 0.2) is 12.1 Å². The number of hydrogen-bond acceptors (Lipinski definition) is 6. The molecule has 0 amide bonds. The summed E-state index contributed by atoms with van der Waals surface area (Å²) < 4.78 is 9.99. The van der Waals surface area contributed by atoms with E-state index in [2.05, 4.69) is 0 Å². The van der Waals surface area contributed by atoms with Crippen molar-refractivity contribution in [2.45, 2.75) is 49.2 Å². The zero-order valence-corrected chi connectivity index (χ0v) is 13.6. The van der Waals surface area contributed by atoms with Gasteiger partial charge < -0.3 is 9.94 Å². The van der Waals surface area contributed by atoms with Gasteiger partial charge in [-0.15, -0.1) is 0 Å². The smallest absolute Gasteiger partial charge is 0.347 e. The van der Waals surface area contributed by atoms with E-state index in [1.165, 1.54) is 11.6 Å². The molecular weight excluding hydrogens is 330 g/mol. The van der Waals surface area contributed by atoms with E-state index in [1.807, 2.05) is 0 Å². The van der Waals surface area contributed by atoms with Crippen LogP contribution in [0.15, 0.2) is 9.59 Å². The largest absolute Gasteiger partial charge is 0.609 e. The Bertz CT molecular complexity index is 1020. The lowest BCUT2D eigenvalue weighted by atomic mass is 9.44. The second-order valence-corrected chi connectivity index (χ2v) is 8.92. The zero-order chi connectivity index (χ0) is 16.7. The maximum absolute atomic E-state index is 14.1. The van der Waals surface area contributed by atoms with Gasteiger partial charge in [-0.3, -0.25) is 0 Å².